The maximum Gasteiger partial charge on any atom is 0.223 e. The molecule has 0 aromatic heterocycles. The second-order valence-corrected chi connectivity index (χ2v) is 7.90. The fourth-order valence-corrected chi connectivity index (χ4v) is 3.67. The van der Waals surface area contributed by atoms with Crippen molar-refractivity contribution in [1.29, 1.82) is 0 Å². The molecule has 126 valence electrons. The summed E-state index contributed by atoms with van der Waals surface area (Å²) in [4.78, 5) is 15.0. The monoisotopic (exact) mass is 315 g/mol. The first kappa shape index (κ1) is 16.5. The molecule has 1 saturated carbocycles. The second-order valence-electron chi connectivity index (χ2n) is 7.90. The normalized spacial score (nSPS) is 22.0. The average molecular weight is 315 g/mol. The van der Waals surface area contributed by atoms with Gasteiger partial charge >= 0.3 is 0 Å². The van der Waals surface area contributed by atoms with E-state index in [9.17, 15) is 4.79 Å². The third-order valence-corrected chi connectivity index (χ3v) is 5.49. The third kappa shape index (κ3) is 3.60. The van der Waals surface area contributed by atoms with E-state index in [-0.39, 0.29) is 11.4 Å². The van der Waals surface area contributed by atoms with Gasteiger partial charge in [-0.05, 0) is 69.1 Å². The summed E-state index contributed by atoms with van der Waals surface area (Å²) in [5, 5.41) is 0. The van der Waals surface area contributed by atoms with Gasteiger partial charge in [0.2, 0.25) is 5.91 Å². The summed E-state index contributed by atoms with van der Waals surface area (Å²) in [6.07, 6.45) is 3.16. The molecule has 0 N–H and O–H groups in total. The maximum absolute atomic E-state index is 13.0. The first-order chi connectivity index (χ1) is 10.9. The van der Waals surface area contributed by atoms with Gasteiger partial charge in [-0.25, -0.2) is 0 Å². The lowest BCUT2D eigenvalue weighted by molar-refractivity contribution is -0.146. The van der Waals surface area contributed by atoms with Crippen LogP contribution in [-0.2, 0) is 9.53 Å². The Labute approximate surface area is 140 Å². The van der Waals surface area contributed by atoms with Crippen molar-refractivity contribution in [3.05, 3.63) is 34.9 Å². The Morgan fingerprint density at radius 3 is 2.65 bits per heavy atom. The summed E-state index contributed by atoms with van der Waals surface area (Å²) in [7, 11) is 0. The van der Waals surface area contributed by atoms with E-state index in [1.807, 2.05) is 4.90 Å². The smallest absolute Gasteiger partial charge is 0.223 e. The molecule has 1 amide bonds. The number of carbonyl (C=O) groups is 1. The van der Waals surface area contributed by atoms with Crippen molar-refractivity contribution in [1.82, 2.24) is 4.90 Å². The predicted octanol–water partition coefficient (Wildman–Crippen LogP) is 3.82. The minimum atomic E-state index is -0.188. The van der Waals surface area contributed by atoms with Crippen molar-refractivity contribution in [2.75, 3.05) is 19.8 Å². The van der Waals surface area contributed by atoms with E-state index in [1.165, 1.54) is 29.5 Å². The number of rotatable bonds is 4. The zero-order valence-corrected chi connectivity index (χ0v) is 14.9. The van der Waals surface area contributed by atoms with Crippen molar-refractivity contribution < 1.29 is 9.53 Å². The predicted molar refractivity (Wildman–Crippen MR) is 92.6 cm³/mol. The summed E-state index contributed by atoms with van der Waals surface area (Å²) in [5.74, 6) is 1.35. The Hall–Kier alpha value is -1.35. The summed E-state index contributed by atoms with van der Waals surface area (Å²) in [6.45, 7) is 10.5. The minimum absolute atomic E-state index is 0.188. The molecule has 3 nitrogen and oxygen atoms in total. The highest BCUT2D eigenvalue weighted by Gasteiger charge is 2.38. The summed E-state index contributed by atoms with van der Waals surface area (Å²) in [6, 6.07) is 6.71. The van der Waals surface area contributed by atoms with Gasteiger partial charge in [-0.1, -0.05) is 18.2 Å². The Morgan fingerprint density at radius 1 is 1.30 bits per heavy atom. The molecule has 0 bridgehead atoms. The molecular formula is C20H29NO2. The number of aryl methyl sites for hydroxylation is 2. The maximum atomic E-state index is 13.0. The SMILES string of the molecule is Cc1ccc(C(CC(=O)N2CCOCC2(C)C)C2CC2)cc1C. The molecule has 3 rings (SSSR count). The largest absolute Gasteiger partial charge is 0.377 e. The zero-order valence-electron chi connectivity index (χ0n) is 14.9. The van der Waals surface area contributed by atoms with E-state index in [0.29, 0.717) is 31.5 Å². The standard InChI is InChI=1S/C20H29NO2/c1-14-5-6-17(11-15(14)2)18(16-7-8-16)12-19(22)21-9-10-23-13-20(21,3)4/h5-6,11,16,18H,7-10,12-13H2,1-4H3. The van der Waals surface area contributed by atoms with Crippen LogP contribution < -0.4 is 0 Å². The van der Waals surface area contributed by atoms with Crippen molar-refractivity contribution in [2.45, 2.75) is 58.4 Å². The van der Waals surface area contributed by atoms with Crippen LogP contribution in [0.5, 0.6) is 0 Å². The van der Waals surface area contributed by atoms with Crippen LogP contribution in [0.4, 0.5) is 0 Å². The molecule has 1 heterocycles. The van der Waals surface area contributed by atoms with Crippen molar-refractivity contribution in [2.24, 2.45) is 5.92 Å². The first-order valence-electron chi connectivity index (χ1n) is 8.84. The van der Waals surface area contributed by atoms with Crippen molar-refractivity contribution >= 4 is 5.91 Å². The highest BCUT2D eigenvalue weighted by Crippen LogP contribution is 2.45. The topological polar surface area (TPSA) is 29.5 Å². The minimum Gasteiger partial charge on any atom is -0.377 e. The van der Waals surface area contributed by atoms with Crippen LogP contribution in [0.15, 0.2) is 18.2 Å². The van der Waals surface area contributed by atoms with E-state index >= 15 is 0 Å². The van der Waals surface area contributed by atoms with Gasteiger partial charge in [0.15, 0.2) is 0 Å². The van der Waals surface area contributed by atoms with Gasteiger partial charge in [0.1, 0.15) is 0 Å². The summed E-state index contributed by atoms with van der Waals surface area (Å²) < 4.78 is 5.55. The molecule has 0 spiro atoms. The summed E-state index contributed by atoms with van der Waals surface area (Å²) in [5.41, 5.74) is 3.80. The number of ether oxygens (including phenoxy) is 1. The third-order valence-electron chi connectivity index (χ3n) is 5.49. The van der Waals surface area contributed by atoms with Crippen LogP contribution in [0.2, 0.25) is 0 Å². The molecule has 1 aromatic carbocycles. The number of hydrogen-bond donors (Lipinski definition) is 0. The van der Waals surface area contributed by atoms with Gasteiger partial charge in [0.05, 0.1) is 18.8 Å². The number of carbonyl (C=O) groups excluding carboxylic acids is 1. The van der Waals surface area contributed by atoms with Crippen LogP contribution in [0, 0.1) is 19.8 Å². The van der Waals surface area contributed by atoms with E-state index in [2.05, 4.69) is 45.9 Å². The van der Waals surface area contributed by atoms with Crippen molar-refractivity contribution in [3.8, 4) is 0 Å². The lowest BCUT2D eigenvalue weighted by Crippen LogP contribution is -2.55. The summed E-state index contributed by atoms with van der Waals surface area (Å²) >= 11 is 0. The van der Waals surface area contributed by atoms with E-state index in [0.717, 1.165) is 6.54 Å². The van der Waals surface area contributed by atoms with E-state index in [1.54, 1.807) is 0 Å². The van der Waals surface area contributed by atoms with Gasteiger partial charge in [-0.2, -0.15) is 0 Å². The Balaban J connectivity index is 1.77. The molecule has 1 unspecified atom stereocenters. The molecule has 1 aliphatic carbocycles. The van der Waals surface area contributed by atoms with Gasteiger partial charge < -0.3 is 9.64 Å². The Kier molecular flexibility index (Phi) is 4.50. The van der Waals surface area contributed by atoms with Crippen LogP contribution >= 0.6 is 0 Å². The average Bonchev–Trinajstić information content (AvgIpc) is 3.31. The fourth-order valence-electron chi connectivity index (χ4n) is 3.67. The van der Waals surface area contributed by atoms with Crippen LogP contribution in [-0.4, -0.2) is 36.1 Å². The highest BCUT2D eigenvalue weighted by atomic mass is 16.5. The lowest BCUT2D eigenvalue weighted by atomic mass is 9.88. The Bertz CT molecular complexity index is 589. The molecule has 23 heavy (non-hydrogen) atoms. The number of amides is 1. The van der Waals surface area contributed by atoms with Gasteiger partial charge in [0, 0.05) is 13.0 Å². The molecule has 3 heteroatoms. The first-order valence-corrected chi connectivity index (χ1v) is 8.84. The Morgan fingerprint density at radius 2 is 2.04 bits per heavy atom. The molecule has 1 aromatic rings. The molecule has 1 atom stereocenters. The molecule has 0 radical (unpaired) electrons. The van der Waals surface area contributed by atoms with Crippen LogP contribution in [0.25, 0.3) is 0 Å². The fraction of sp³-hybridized carbons (Fsp3) is 0.650. The second kappa shape index (κ2) is 6.27. The number of hydrogen-bond acceptors (Lipinski definition) is 2. The number of nitrogens with zero attached hydrogens (tertiary/aromatic N) is 1. The highest BCUT2D eigenvalue weighted by molar-refractivity contribution is 5.78. The molecule has 2 fully saturated rings. The zero-order chi connectivity index (χ0) is 16.6. The van der Waals surface area contributed by atoms with Crippen LogP contribution in [0.3, 0.4) is 0 Å². The van der Waals surface area contributed by atoms with E-state index in [4.69, 9.17) is 4.74 Å². The number of morpholine rings is 1. The number of benzene rings is 1. The lowest BCUT2D eigenvalue weighted by Gasteiger charge is -2.42. The molecular weight excluding hydrogens is 286 g/mol. The van der Waals surface area contributed by atoms with E-state index < -0.39 is 0 Å². The molecule has 1 saturated heterocycles. The molecule has 1 aliphatic heterocycles. The van der Waals surface area contributed by atoms with Crippen molar-refractivity contribution in [3.63, 3.8) is 0 Å². The van der Waals surface area contributed by atoms with Crippen LogP contribution in [0.1, 0.15) is 55.7 Å². The van der Waals surface area contributed by atoms with Gasteiger partial charge in [-0.3, -0.25) is 4.79 Å². The molecule has 2 aliphatic rings. The van der Waals surface area contributed by atoms with Gasteiger partial charge in [0.25, 0.3) is 0 Å². The van der Waals surface area contributed by atoms with Gasteiger partial charge in [-0.15, -0.1) is 0 Å². The quantitative estimate of drug-likeness (QED) is 0.845.